The molecule has 0 radical (unpaired) electrons. The maximum absolute atomic E-state index is 5.98. The highest BCUT2D eigenvalue weighted by Crippen LogP contribution is 2.17. The van der Waals surface area contributed by atoms with E-state index in [4.69, 9.17) is 4.74 Å². The third-order valence-electron chi connectivity index (χ3n) is 4.14. The Labute approximate surface area is 156 Å². The fourth-order valence-corrected chi connectivity index (χ4v) is 2.75. The van der Waals surface area contributed by atoms with E-state index >= 15 is 0 Å². The maximum atomic E-state index is 5.98. The summed E-state index contributed by atoms with van der Waals surface area (Å²) in [7, 11) is 1.78. The zero-order valence-corrected chi connectivity index (χ0v) is 16.5. The number of ether oxygens (including phenoxy) is 1. The van der Waals surface area contributed by atoms with Crippen LogP contribution in [0.1, 0.15) is 30.3 Å². The first-order valence-corrected chi connectivity index (χ1v) is 9.17. The number of nitrogens with zero attached hydrogens (tertiary/aromatic N) is 3. The molecule has 6 heteroatoms. The van der Waals surface area contributed by atoms with Crippen LogP contribution in [0.25, 0.3) is 0 Å². The Bertz CT molecular complexity index is 723. The molecule has 142 valence electrons. The van der Waals surface area contributed by atoms with Crippen molar-refractivity contribution in [1.82, 2.24) is 20.4 Å². The first-order chi connectivity index (χ1) is 12.5. The number of aryl methyl sites for hydroxylation is 4. The second-order valence-corrected chi connectivity index (χ2v) is 6.58. The number of aromatic nitrogens is 2. The van der Waals surface area contributed by atoms with Crippen LogP contribution in [0.4, 0.5) is 0 Å². The van der Waals surface area contributed by atoms with Crippen LogP contribution in [0, 0.1) is 20.8 Å². The predicted octanol–water partition coefficient (Wildman–Crippen LogP) is 2.83. The fourth-order valence-electron chi connectivity index (χ4n) is 2.75. The third kappa shape index (κ3) is 6.10. The standard InChI is InChI=1S/C20H31N5O/c1-15-9-6-7-10-19(15)26-18(4)14-23-20(21-5)22-11-8-12-25-17(3)13-16(2)24-25/h6-7,9-10,13,18H,8,11-12,14H2,1-5H3,(H2,21,22,23). The molecule has 0 saturated carbocycles. The summed E-state index contributed by atoms with van der Waals surface area (Å²) >= 11 is 0. The highest BCUT2D eigenvalue weighted by atomic mass is 16.5. The average Bonchev–Trinajstić information content (AvgIpc) is 2.93. The second kappa shape index (κ2) is 9.85. The van der Waals surface area contributed by atoms with Crippen molar-refractivity contribution >= 4 is 5.96 Å². The van der Waals surface area contributed by atoms with E-state index in [1.54, 1.807) is 7.05 Å². The molecule has 0 aliphatic rings. The van der Waals surface area contributed by atoms with Crippen molar-refractivity contribution in [1.29, 1.82) is 0 Å². The van der Waals surface area contributed by atoms with E-state index in [-0.39, 0.29) is 6.10 Å². The van der Waals surface area contributed by atoms with Crippen molar-refractivity contribution in [2.75, 3.05) is 20.1 Å². The topological polar surface area (TPSA) is 63.5 Å². The van der Waals surface area contributed by atoms with Crippen molar-refractivity contribution in [2.45, 2.75) is 46.8 Å². The van der Waals surface area contributed by atoms with Crippen LogP contribution in [-0.2, 0) is 6.54 Å². The van der Waals surface area contributed by atoms with Gasteiger partial charge >= 0.3 is 0 Å². The number of hydrogen-bond acceptors (Lipinski definition) is 3. The summed E-state index contributed by atoms with van der Waals surface area (Å²) in [5, 5.41) is 11.1. The van der Waals surface area contributed by atoms with Gasteiger partial charge in [-0.2, -0.15) is 5.10 Å². The summed E-state index contributed by atoms with van der Waals surface area (Å²) in [5.41, 5.74) is 3.41. The van der Waals surface area contributed by atoms with Crippen LogP contribution in [0.15, 0.2) is 35.3 Å². The number of hydrogen-bond donors (Lipinski definition) is 2. The minimum Gasteiger partial charge on any atom is -0.489 e. The van der Waals surface area contributed by atoms with Crippen LogP contribution in [-0.4, -0.2) is 42.0 Å². The van der Waals surface area contributed by atoms with Crippen molar-refractivity contribution in [3.63, 3.8) is 0 Å². The largest absolute Gasteiger partial charge is 0.489 e. The van der Waals surface area contributed by atoms with Crippen LogP contribution in [0.2, 0.25) is 0 Å². The summed E-state index contributed by atoms with van der Waals surface area (Å²) < 4.78 is 8.03. The van der Waals surface area contributed by atoms with Crippen LogP contribution in [0.5, 0.6) is 5.75 Å². The van der Waals surface area contributed by atoms with Crippen molar-refractivity contribution < 1.29 is 4.74 Å². The lowest BCUT2D eigenvalue weighted by Crippen LogP contribution is -2.42. The maximum Gasteiger partial charge on any atom is 0.191 e. The van der Waals surface area contributed by atoms with Gasteiger partial charge in [-0.1, -0.05) is 18.2 Å². The number of benzene rings is 1. The monoisotopic (exact) mass is 357 g/mol. The zero-order chi connectivity index (χ0) is 18.9. The molecule has 0 amide bonds. The lowest BCUT2D eigenvalue weighted by atomic mass is 10.2. The molecule has 0 spiro atoms. The Kier molecular flexibility index (Phi) is 7.51. The lowest BCUT2D eigenvalue weighted by Gasteiger charge is -2.18. The molecule has 0 saturated heterocycles. The molecule has 0 fully saturated rings. The van der Waals surface area contributed by atoms with E-state index in [9.17, 15) is 0 Å². The Balaban J connectivity index is 1.69. The molecular weight excluding hydrogens is 326 g/mol. The molecule has 6 nitrogen and oxygen atoms in total. The summed E-state index contributed by atoms with van der Waals surface area (Å²) in [4.78, 5) is 4.27. The smallest absolute Gasteiger partial charge is 0.191 e. The predicted molar refractivity (Wildman–Crippen MR) is 107 cm³/mol. The minimum atomic E-state index is 0.0457. The molecule has 0 aliphatic carbocycles. The highest BCUT2D eigenvalue weighted by molar-refractivity contribution is 5.79. The van der Waals surface area contributed by atoms with Gasteiger partial charge in [-0.3, -0.25) is 9.67 Å². The van der Waals surface area contributed by atoms with Crippen molar-refractivity contribution in [2.24, 2.45) is 4.99 Å². The molecule has 2 rings (SSSR count). The highest BCUT2D eigenvalue weighted by Gasteiger charge is 2.07. The van der Waals surface area contributed by atoms with Gasteiger partial charge in [0.2, 0.25) is 0 Å². The number of aliphatic imine (C=N–C) groups is 1. The summed E-state index contributed by atoms with van der Waals surface area (Å²) in [6, 6.07) is 10.2. The molecule has 2 N–H and O–H groups in total. The van der Waals surface area contributed by atoms with Crippen LogP contribution >= 0.6 is 0 Å². The SMILES string of the molecule is CN=C(NCCCn1nc(C)cc1C)NCC(C)Oc1ccccc1C. The third-order valence-corrected chi connectivity index (χ3v) is 4.14. The average molecular weight is 358 g/mol. The van der Waals surface area contributed by atoms with E-state index in [0.717, 1.165) is 42.5 Å². The lowest BCUT2D eigenvalue weighted by molar-refractivity contribution is 0.222. The molecule has 26 heavy (non-hydrogen) atoms. The Morgan fingerprint density at radius 3 is 2.65 bits per heavy atom. The first kappa shape index (κ1) is 19.8. The number of nitrogens with one attached hydrogen (secondary N) is 2. The molecule has 1 aromatic carbocycles. The molecule has 0 bridgehead atoms. The van der Waals surface area contributed by atoms with E-state index in [1.807, 2.05) is 29.8 Å². The molecule has 0 aliphatic heterocycles. The Morgan fingerprint density at radius 1 is 1.23 bits per heavy atom. The van der Waals surface area contributed by atoms with Crippen LogP contribution in [0.3, 0.4) is 0 Å². The van der Waals surface area contributed by atoms with E-state index in [1.165, 1.54) is 5.69 Å². The van der Waals surface area contributed by atoms with E-state index in [2.05, 4.69) is 53.6 Å². The van der Waals surface area contributed by atoms with Gasteiger partial charge in [-0.25, -0.2) is 0 Å². The fraction of sp³-hybridized carbons (Fsp3) is 0.500. The molecule has 1 aromatic heterocycles. The van der Waals surface area contributed by atoms with Gasteiger partial charge in [-0.05, 0) is 51.8 Å². The van der Waals surface area contributed by atoms with Gasteiger partial charge in [-0.15, -0.1) is 0 Å². The molecular formula is C20H31N5O. The zero-order valence-electron chi connectivity index (χ0n) is 16.5. The van der Waals surface area contributed by atoms with Crippen molar-refractivity contribution in [3.8, 4) is 5.75 Å². The Morgan fingerprint density at radius 2 is 2.00 bits per heavy atom. The Hall–Kier alpha value is -2.50. The van der Waals surface area contributed by atoms with Crippen LogP contribution < -0.4 is 15.4 Å². The van der Waals surface area contributed by atoms with Crippen molar-refractivity contribution in [3.05, 3.63) is 47.3 Å². The number of para-hydroxylation sites is 1. The van der Waals surface area contributed by atoms with E-state index in [0.29, 0.717) is 6.54 Å². The molecule has 2 aromatic rings. The van der Waals surface area contributed by atoms with E-state index < -0.39 is 0 Å². The number of rotatable bonds is 8. The molecule has 1 heterocycles. The van der Waals surface area contributed by atoms with Gasteiger partial charge in [0, 0.05) is 25.8 Å². The summed E-state index contributed by atoms with van der Waals surface area (Å²) in [5.74, 6) is 1.72. The van der Waals surface area contributed by atoms with Gasteiger partial charge in [0.1, 0.15) is 11.9 Å². The van der Waals surface area contributed by atoms with Gasteiger partial charge in [0.05, 0.1) is 12.2 Å². The van der Waals surface area contributed by atoms with Gasteiger partial charge in [0.25, 0.3) is 0 Å². The quantitative estimate of drug-likeness (QED) is 0.433. The number of guanidine groups is 1. The molecule has 1 atom stereocenters. The normalized spacial score (nSPS) is 12.7. The minimum absolute atomic E-state index is 0.0457. The summed E-state index contributed by atoms with van der Waals surface area (Å²) in [6.07, 6.45) is 1.03. The molecule has 1 unspecified atom stereocenters. The van der Waals surface area contributed by atoms with Gasteiger partial charge < -0.3 is 15.4 Å². The summed E-state index contributed by atoms with van der Waals surface area (Å²) in [6.45, 7) is 10.6. The van der Waals surface area contributed by atoms with Gasteiger partial charge in [0.15, 0.2) is 5.96 Å². The second-order valence-electron chi connectivity index (χ2n) is 6.58. The first-order valence-electron chi connectivity index (χ1n) is 9.17.